The molecule has 0 unspecified atom stereocenters. The summed E-state index contributed by atoms with van der Waals surface area (Å²) in [6, 6.07) is 3.58. The van der Waals surface area contributed by atoms with E-state index in [1.54, 1.807) is 18.4 Å². The first-order valence-corrected chi connectivity index (χ1v) is 8.72. The topological polar surface area (TPSA) is 89.9 Å². The van der Waals surface area contributed by atoms with E-state index in [1.165, 1.54) is 23.1 Å². The zero-order chi connectivity index (χ0) is 15.2. The van der Waals surface area contributed by atoms with Crippen LogP contribution in [0.1, 0.15) is 25.7 Å². The van der Waals surface area contributed by atoms with Crippen molar-refractivity contribution in [3.05, 3.63) is 24.3 Å². The van der Waals surface area contributed by atoms with Crippen LogP contribution in [0.3, 0.4) is 0 Å². The molecule has 1 N–H and O–H groups in total. The number of nitrogens with one attached hydrogen (secondary N) is 1. The zero-order valence-electron chi connectivity index (χ0n) is 12.0. The summed E-state index contributed by atoms with van der Waals surface area (Å²) < 4.78 is 11.3. The molecule has 0 aromatic carbocycles. The molecule has 116 valence electrons. The second-order valence-electron chi connectivity index (χ2n) is 4.43. The van der Waals surface area contributed by atoms with E-state index < -0.39 is 0 Å². The molecule has 0 fully saturated rings. The highest BCUT2D eigenvalue weighted by atomic mass is 32.2. The van der Waals surface area contributed by atoms with E-state index in [2.05, 4.69) is 32.6 Å². The molecule has 3 rings (SSSR count). The molecule has 0 bridgehead atoms. The van der Waals surface area contributed by atoms with E-state index >= 15 is 0 Å². The highest BCUT2D eigenvalue weighted by Crippen LogP contribution is 2.28. The first-order valence-electron chi connectivity index (χ1n) is 6.92. The predicted octanol–water partition coefficient (Wildman–Crippen LogP) is 3.69. The Balaban J connectivity index is 1.52. The van der Waals surface area contributed by atoms with Crippen LogP contribution in [0.5, 0.6) is 0 Å². The van der Waals surface area contributed by atoms with Crippen LogP contribution in [0.15, 0.2) is 31.7 Å². The minimum Gasteiger partial charge on any atom is -0.461 e. The van der Waals surface area contributed by atoms with Crippen molar-refractivity contribution >= 4 is 28.2 Å². The molecule has 7 nitrogen and oxygen atoms in total. The molecule has 3 aromatic rings. The van der Waals surface area contributed by atoms with Gasteiger partial charge in [0.2, 0.25) is 16.8 Å². The molecule has 0 aliphatic heterocycles. The first-order chi connectivity index (χ1) is 10.8. The Morgan fingerprint density at radius 3 is 3.14 bits per heavy atom. The fourth-order valence-corrected chi connectivity index (χ4v) is 3.27. The van der Waals surface area contributed by atoms with Gasteiger partial charge in [-0.15, -0.1) is 10.2 Å². The number of nitrogens with zero attached hydrogens (tertiary/aromatic N) is 4. The molecule has 0 amide bonds. The Morgan fingerprint density at radius 2 is 2.32 bits per heavy atom. The van der Waals surface area contributed by atoms with Crippen molar-refractivity contribution in [3.63, 3.8) is 0 Å². The van der Waals surface area contributed by atoms with Crippen molar-refractivity contribution in [2.75, 3.05) is 11.9 Å². The van der Waals surface area contributed by atoms with E-state index in [9.17, 15) is 0 Å². The fourth-order valence-electron chi connectivity index (χ4n) is 1.65. The van der Waals surface area contributed by atoms with Crippen molar-refractivity contribution in [1.29, 1.82) is 0 Å². The van der Waals surface area contributed by atoms with Crippen LogP contribution >= 0.6 is 23.1 Å². The van der Waals surface area contributed by atoms with Gasteiger partial charge in [0.1, 0.15) is 0 Å². The summed E-state index contributed by atoms with van der Waals surface area (Å²) in [6.45, 7) is 3.08. The monoisotopic (exact) mass is 337 g/mol. The fraction of sp³-hybridized carbons (Fsp3) is 0.385. The smallest absolute Gasteiger partial charge is 0.238 e. The first kappa shape index (κ1) is 15.0. The van der Waals surface area contributed by atoms with Crippen LogP contribution in [-0.4, -0.2) is 26.9 Å². The highest BCUT2D eigenvalue weighted by molar-refractivity contribution is 8.00. The number of thioether (sulfide) groups is 1. The van der Waals surface area contributed by atoms with Crippen molar-refractivity contribution in [2.45, 2.75) is 29.9 Å². The van der Waals surface area contributed by atoms with Crippen molar-refractivity contribution in [3.8, 4) is 11.6 Å². The number of rotatable bonds is 8. The molecule has 0 saturated heterocycles. The molecule has 0 aliphatic rings. The lowest BCUT2D eigenvalue weighted by Gasteiger charge is -1.97. The van der Waals surface area contributed by atoms with Crippen LogP contribution in [0.2, 0.25) is 0 Å². The summed E-state index contributed by atoms with van der Waals surface area (Å²) in [5.74, 6) is 2.14. The van der Waals surface area contributed by atoms with Crippen LogP contribution in [0, 0.1) is 0 Å². The number of furan rings is 1. The minimum absolute atomic E-state index is 0.458. The molecular weight excluding hydrogens is 322 g/mol. The van der Waals surface area contributed by atoms with Gasteiger partial charge in [0.25, 0.3) is 0 Å². The lowest BCUT2D eigenvalue weighted by atomic mass is 10.3. The third-order valence-corrected chi connectivity index (χ3v) is 4.74. The molecule has 3 aromatic heterocycles. The average Bonchev–Trinajstić information content (AvgIpc) is 3.26. The Labute approximate surface area is 135 Å². The van der Waals surface area contributed by atoms with Crippen LogP contribution < -0.4 is 5.32 Å². The summed E-state index contributed by atoms with van der Waals surface area (Å²) in [5, 5.41) is 16.2. The summed E-state index contributed by atoms with van der Waals surface area (Å²) in [5.41, 5.74) is 0. The maximum Gasteiger partial charge on any atom is 0.238 e. The molecule has 0 saturated carbocycles. The van der Waals surface area contributed by atoms with Crippen LogP contribution in [0.25, 0.3) is 11.6 Å². The van der Waals surface area contributed by atoms with Crippen LogP contribution in [0.4, 0.5) is 5.13 Å². The largest absolute Gasteiger partial charge is 0.461 e. The van der Waals surface area contributed by atoms with E-state index in [1.807, 2.05) is 0 Å². The Kier molecular flexibility index (Phi) is 5.07. The molecule has 0 spiro atoms. The molecule has 0 atom stereocenters. The van der Waals surface area contributed by atoms with Gasteiger partial charge in [-0.2, -0.15) is 4.98 Å². The maximum atomic E-state index is 5.23. The number of hydrogen-bond acceptors (Lipinski definition) is 9. The van der Waals surface area contributed by atoms with Crippen LogP contribution in [-0.2, 0) is 5.75 Å². The molecule has 0 aliphatic carbocycles. The van der Waals surface area contributed by atoms with Gasteiger partial charge in [-0.1, -0.05) is 41.6 Å². The van der Waals surface area contributed by atoms with Gasteiger partial charge in [-0.05, 0) is 18.6 Å². The normalized spacial score (nSPS) is 11.0. The van der Waals surface area contributed by atoms with E-state index in [-0.39, 0.29) is 0 Å². The lowest BCUT2D eigenvalue weighted by Crippen LogP contribution is -1.99. The van der Waals surface area contributed by atoms with Gasteiger partial charge in [0, 0.05) is 6.54 Å². The third kappa shape index (κ3) is 3.86. The lowest BCUT2D eigenvalue weighted by molar-refractivity contribution is 0.390. The van der Waals surface area contributed by atoms with Gasteiger partial charge in [0.15, 0.2) is 10.1 Å². The number of anilines is 1. The molecule has 9 heteroatoms. The Hall–Kier alpha value is -1.87. The average molecular weight is 337 g/mol. The van der Waals surface area contributed by atoms with Gasteiger partial charge in [-0.3, -0.25) is 0 Å². The predicted molar refractivity (Wildman–Crippen MR) is 84.9 cm³/mol. The number of unbranched alkanes of at least 4 members (excludes halogenated alkanes) is 1. The van der Waals surface area contributed by atoms with Gasteiger partial charge < -0.3 is 14.3 Å². The quantitative estimate of drug-likeness (QED) is 0.492. The zero-order valence-corrected chi connectivity index (χ0v) is 13.6. The minimum atomic E-state index is 0.458. The molecule has 0 radical (unpaired) electrons. The third-order valence-electron chi connectivity index (χ3n) is 2.74. The standard InChI is InChI=1S/C13H15N5O2S2/c1-2-3-6-14-12-16-17-13(22-12)21-8-10-15-11(18-20-10)9-5-4-7-19-9/h4-5,7H,2-3,6,8H2,1H3,(H,14,16). The van der Waals surface area contributed by atoms with E-state index in [4.69, 9.17) is 8.94 Å². The summed E-state index contributed by atoms with van der Waals surface area (Å²) >= 11 is 3.05. The van der Waals surface area contributed by atoms with Gasteiger partial charge in [-0.25, -0.2) is 0 Å². The van der Waals surface area contributed by atoms with Gasteiger partial charge >= 0.3 is 0 Å². The van der Waals surface area contributed by atoms with E-state index in [0.29, 0.717) is 23.2 Å². The molecule has 22 heavy (non-hydrogen) atoms. The number of hydrogen-bond donors (Lipinski definition) is 1. The van der Waals surface area contributed by atoms with Gasteiger partial charge in [0.05, 0.1) is 12.0 Å². The number of aromatic nitrogens is 4. The molecular formula is C13H15N5O2S2. The van der Waals surface area contributed by atoms with Crippen molar-refractivity contribution in [1.82, 2.24) is 20.3 Å². The SMILES string of the molecule is CCCCNc1nnc(SCc2nc(-c3ccco3)no2)s1. The summed E-state index contributed by atoms with van der Waals surface area (Å²) in [7, 11) is 0. The van der Waals surface area contributed by atoms with Crippen molar-refractivity contribution in [2.24, 2.45) is 0 Å². The molecule has 3 heterocycles. The Bertz CT molecular complexity index is 695. The second kappa shape index (κ2) is 7.41. The Morgan fingerprint density at radius 1 is 1.36 bits per heavy atom. The highest BCUT2D eigenvalue weighted by Gasteiger charge is 2.12. The second-order valence-corrected chi connectivity index (χ2v) is 6.63. The van der Waals surface area contributed by atoms with Crippen molar-refractivity contribution < 1.29 is 8.94 Å². The summed E-state index contributed by atoms with van der Waals surface area (Å²) in [6.07, 6.45) is 3.86. The summed E-state index contributed by atoms with van der Waals surface area (Å²) in [4.78, 5) is 4.28. The van der Waals surface area contributed by atoms with E-state index in [0.717, 1.165) is 28.9 Å². The maximum absolute atomic E-state index is 5.23.